The lowest BCUT2D eigenvalue weighted by Gasteiger charge is -2.12. The molecule has 0 aliphatic heterocycles. The van der Waals surface area contributed by atoms with Crippen molar-refractivity contribution in [2.45, 2.75) is 19.4 Å². The Bertz CT molecular complexity index is 567. The van der Waals surface area contributed by atoms with E-state index in [1.807, 2.05) is 12.2 Å². The Morgan fingerprint density at radius 2 is 1.62 bits per heavy atom. The summed E-state index contributed by atoms with van der Waals surface area (Å²) in [6, 6.07) is 4.92. The van der Waals surface area contributed by atoms with Gasteiger partial charge in [-0.25, -0.2) is 4.79 Å². The first kappa shape index (κ1) is 16.2. The van der Waals surface area contributed by atoms with Crippen molar-refractivity contribution >= 4 is 29.4 Å². The number of carbonyl (C=O) groups excluding carboxylic acids is 2. The van der Waals surface area contributed by atoms with Gasteiger partial charge in [-0.15, -0.1) is 0 Å². The number of aliphatic carboxylic acids is 2. The molecule has 0 bridgehead atoms. The number of aryl methyl sites for hydroxylation is 1. The normalized spacial score (nSPS) is 11.3. The van der Waals surface area contributed by atoms with Gasteiger partial charge < -0.3 is 20.8 Å². The van der Waals surface area contributed by atoms with Gasteiger partial charge in [0, 0.05) is 5.69 Å². The molecule has 21 heavy (non-hydrogen) atoms. The van der Waals surface area contributed by atoms with E-state index < -0.39 is 36.2 Å². The first-order chi connectivity index (χ1) is 9.79. The van der Waals surface area contributed by atoms with Crippen LogP contribution in [0.5, 0.6) is 0 Å². The summed E-state index contributed by atoms with van der Waals surface area (Å²) in [6.07, 6.45) is -0.821. The van der Waals surface area contributed by atoms with Crippen LogP contribution in [0.15, 0.2) is 24.3 Å². The third-order valence-electron chi connectivity index (χ3n) is 2.50. The van der Waals surface area contributed by atoms with Gasteiger partial charge in [0.15, 0.2) is 0 Å². The van der Waals surface area contributed by atoms with Crippen LogP contribution in [0.1, 0.15) is 12.0 Å². The van der Waals surface area contributed by atoms with E-state index in [-0.39, 0.29) is 0 Å². The molecule has 0 aromatic heterocycles. The van der Waals surface area contributed by atoms with E-state index in [9.17, 15) is 19.2 Å². The number of carboxylic acid groups (broad SMARTS) is 2. The van der Waals surface area contributed by atoms with Crippen molar-refractivity contribution in [1.29, 1.82) is 0 Å². The van der Waals surface area contributed by atoms with E-state index in [0.717, 1.165) is 5.56 Å². The minimum absolute atomic E-state index is 0.367. The van der Waals surface area contributed by atoms with Crippen molar-refractivity contribution in [1.82, 2.24) is 5.32 Å². The smallest absolute Gasteiger partial charge is 0.326 e. The molecule has 112 valence electrons. The molecule has 0 heterocycles. The van der Waals surface area contributed by atoms with Gasteiger partial charge in [-0.3, -0.25) is 14.4 Å². The standard InChI is InChI=1S/C13H14N2O6/c1-7-2-4-8(5-3-7)14-11(18)12(19)15-9(13(20)21)6-10(16)17/h2-5,9H,6H2,1H3,(H,14,18)(H,15,19)(H,16,17)(H,20,21). The van der Waals surface area contributed by atoms with E-state index in [1.165, 1.54) is 0 Å². The molecule has 2 amide bonds. The highest BCUT2D eigenvalue weighted by Crippen LogP contribution is 2.08. The zero-order valence-corrected chi connectivity index (χ0v) is 11.1. The van der Waals surface area contributed by atoms with E-state index in [4.69, 9.17) is 10.2 Å². The minimum Gasteiger partial charge on any atom is -0.481 e. The second kappa shape index (κ2) is 7.04. The summed E-state index contributed by atoms with van der Waals surface area (Å²) in [7, 11) is 0. The van der Waals surface area contributed by atoms with Crippen molar-refractivity contribution in [3.8, 4) is 0 Å². The highest BCUT2D eigenvalue weighted by molar-refractivity contribution is 6.40. The summed E-state index contributed by atoms with van der Waals surface area (Å²) in [6.45, 7) is 1.85. The number of amides is 2. The molecular formula is C13H14N2O6. The maximum atomic E-state index is 11.6. The molecule has 0 fully saturated rings. The first-order valence-corrected chi connectivity index (χ1v) is 5.92. The molecule has 0 spiro atoms. The molecule has 0 saturated carbocycles. The topological polar surface area (TPSA) is 133 Å². The molecule has 4 N–H and O–H groups in total. The van der Waals surface area contributed by atoms with Crippen LogP contribution in [-0.2, 0) is 19.2 Å². The molecule has 1 unspecified atom stereocenters. The van der Waals surface area contributed by atoms with Crippen LogP contribution in [0.4, 0.5) is 5.69 Å². The van der Waals surface area contributed by atoms with Gasteiger partial charge in [0.1, 0.15) is 6.04 Å². The van der Waals surface area contributed by atoms with Crippen molar-refractivity contribution in [3.05, 3.63) is 29.8 Å². The van der Waals surface area contributed by atoms with Gasteiger partial charge >= 0.3 is 23.8 Å². The van der Waals surface area contributed by atoms with Crippen LogP contribution in [0.3, 0.4) is 0 Å². The maximum absolute atomic E-state index is 11.6. The van der Waals surface area contributed by atoms with Crippen LogP contribution in [0, 0.1) is 6.92 Å². The number of rotatable bonds is 5. The van der Waals surface area contributed by atoms with Gasteiger partial charge in [0.2, 0.25) is 0 Å². The Morgan fingerprint density at radius 1 is 1.05 bits per heavy atom. The number of carbonyl (C=O) groups is 4. The van der Waals surface area contributed by atoms with Crippen molar-refractivity contribution in [2.24, 2.45) is 0 Å². The average Bonchev–Trinajstić information content (AvgIpc) is 2.39. The van der Waals surface area contributed by atoms with Crippen LogP contribution in [0.25, 0.3) is 0 Å². The summed E-state index contributed by atoms with van der Waals surface area (Å²) in [5.74, 6) is -5.23. The summed E-state index contributed by atoms with van der Waals surface area (Å²) < 4.78 is 0. The fourth-order valence-electron chi connectivity index (χ4n) is 1.42. The summed E-state index contributed by atoms with van der Waals surface area (Å²) >= 11 is 0. The molecule has 0 aliphatic rings. The molecule has 8 heteroatoms. The molecule has 0 radical (unpaired) electrons. The third kappa shape index (κ3) is 5.31. The van der Waals surface area contributed by atoms with Gasteiger partial charge in [0.05, 0.1) is 6.42 Å². The number of carboxylic acids is 2. The molecule has 8 nitrogen and oxygen atoms in total. The highest BCUT2D eigenvalue weighted by Gasteiger charge is 2.26. The predicted octanol–water partition coefficient (Wildman–Crippen LogP) is -0.0224. The Balaban J connectivity index is 2.64. The number of nitrogens with one attached hydrogen (secondary N) is 2. The second-order valence-electron chi connectivity index (χ2n) is 4.28. The van der Waals surface area contributed by atoms with E-state index in [1.54, 1.807) is 24.3 Å². The van der Waals surface area contributed by atoms with Crippen molar-refractivity contribution in [3.63, 3.8) is 0 Å². The lowest BCUT2D eigenvalue weighted by molar-refractivity contribution is -0.148. The summed E-state index contributed by atoms with van der Waals surface area (Å²) in [5.41, 5.74) is 1.33. The Morgan fingerprint density at radius 3 is 2.10 bits per heavy atom. The Hall–Kier alpha value is -2.90. The maximum Gasteiger partial charge on any atom is 0.326 e. The van der Waals surface area contributed by atoms with Crippen LogP contribution in [0.2, 0.25) is 0 Å². The zero-order valence-electron chi connectivity index (χ0n) is 11.1. The van der Waals surface area contributed by atoms with Gasteiger partial charge in [-0.2, -0.15) is 0 Å². The minimum atomic E-state index is -1.67. The van der Waals surface area contributed by atoms with Gasteiger partial charge in [-0.1, -0.05) is 17.7 Å². The highest BCUT2D eigenvalue weighted by atomic mass is 16.4. The van der Waals surface area contributed by atoms with Gasteiger partial charge in [-0.05, 0) is 19.1 Å². The van der Waals surface area contributed by atoms with Crippen LogP contribution >= 0.6 is 0 Å². The Labute approximate surface area is 119 Å². The molecule has 1 atom stereocenters. The van der Waals surface area contributed by atoms with Crippen molar-refractivity contribution < 1.29 is 29.4 Å². The lowest BCUT2D eigenvalue weighted by atomic mass is 10.2. The average molecular weight is 294 g/mol. The molecule has 0 aliphatic carbocycles. The van der Waals surface area contributed by atoms with E-state index in [0.29, 0.717) is 5.69 Å². The van der Waals surface area contributed by atoms with Crippen LogP contribution < -0.4 is 10.6 Å². The van der Waals surface area contributed by atoms with Crippen LogP contribution in [-0.4, -0.2) is 40.0 Å². The lowest BCUT2D eigenvalue weighted by Crippen LogP contribution is -2.46. The Kier molecular flexibility index (Phi) is 5.41. The molecule has 1 rings (SSSR count). The number of benzene rings is 1. The summed E-state index contributed by atoms with van der Waals surface area (Å²) in [4.78, 5) is 44.4. The number of hydrogen-bond donors (Lipinski definition) is 4. The molecule has 1 aromatic rings. The largest absolute Gasteiger partial charge is 0.481 e. The third-order valence-corrected chi connectivity index (χ3v) is 2.50. The number of anilines is 1. The SMILES string of the molecule is Cc1ccc(NC(=O)C(=O)NC(CC(=O)O)C(=O)O)cc1. The quantitative estimate of drug-likeness (QED) is 0.564. The number of hydrogen-bond acceptors (Lipinski definition) is 4. The molecular weight excluding hydrogens is 280 g/mol. The van der Waals surface area contributed by atoms with E-state index in [2.05, 4.69) is 5.32 Å². The fourth-order valence-corrected chi connectivity index (χ4v) is 1.42. The molecule has 0 saturated heterocycles. The van der Waals surface area contributed by atoms with Crippen molar-refractivity contribution in [2.75, 3.05) is 5.32 Å². The molecule has 1 aromatic carbocycles. The zero-order chi connectivity index (χ0) is 16.0. The first-order valence-electron chi connectivity index (χ1n) is 5.92. The predicted molar refractivity (Wildman–Crippen MR) is 71.6 cm³/mol. The van der Waals surface area contributed by atoms with Gasteiger partial charge in [0.25, 0.3) is 0 Å². The second-order valence-corrected chi connectivity index (χ2v) is 4.28. The summed E-state index contributed by atoms with van der Waals surface area (Å²) in [5, 5.41) is 21.4. The fraction of sp³-hybridized carbons (Fsp3) is 0.231. The van der Waals surface area contributed by atoms with E-state index >= 15 is 0 Å². The monoisotopic (exact) mass is 294 g/mol.